The quantitative estimate of drug-likeness (QED) is 0.0617. The standard InChI is InChI=1S/C37H41N7O13S/c1-19-31-30(20(2)45)35(48)42(31)32(36(49)50)33(19)58-26-13-27(41(16-26)37(51)57-18-22-5-9-25(10-6-22)44(54)55)34(47)40-12-11-23(15-40)39-28(38)14-29(46)56-17-21-3-7-24(8-4-21)43(52)53/h3-10,19-20,23,26-27,30-31,45H,11-18H2,1-2H3,(H2,38,39)(H,49,50)/t19-,20-,23-,26+,27+,30-,31-/m1/s1. The van der Waals surface area contributed by atoms with Gasteiger partial charge in [-0.15, -0.1) is 11.8 Å². The number of nitro groups is 2. The Kier molecular flexibility index (Phi) is 12.3. The molecule has 3 saturated heterocycles. The van der Waals surface area contributed by atoms with E-state index >= 15 is 0 Å². The van der Waals surface area contributed by atoms with Crippen LogP contribution >= 0.6 is 11.8 Å². The van der Waals surface area contributed by atoms with E-state index in [9.17, 15) is 54.4 Å². The van der Waals surface area contributed by atoms with Crippen LogP contribution in [0.4, 0.5) is 16.2 Å². The number of fused-ring (bicyclic) bond motifs is 1. The van der Waals surface area contributed by atoms with Crippen molar-refractivity contribution >= 4 is 58.8 Å². The minimum Gasteiger partial charge on any atom is -0.477 e. The molecule has 0 spiro atoms. The molecule has 0 bridgehead atoms. The van der Waals surface area contributed by atoms with Crippen LogP contribution in [-0.4, -0.2) is 120 Å². The van der Waals surface area contributed by atoms with E-state index in [1.807, 2.05) is 0 Å². The number of carboxylic acid groups (broad SMARTS) is 1. The van der Waals surface area contributed by atoms with E-state index < -0.39 is 81.0 Å². The molecule has 4 aliphatic rings. The number of hydrogen-bond donors (Lipinski definition) is 3. The van der Waals surface area contributed by atoms with Crippen molar-refractivity contribution in [3.63, 3.8) is 0 Å². The van der Waals surface area contributed by atoms with Crippen LogP contribution in [0.5, 0.6) is 0 Å². The topological polar surface area (TPSA) is 279 Å². The number of nitro benzene ring substituents is 2. The molecule has 4 N–H and O–H groups in total. The summed E-state index contributed by atoms with van der Waals surface area (Å²) in [4.78, 5) is 95.2. The molecule has 4 aliphatic heterocycles. The van der Waals surface area contributed by atoms with Gasteiger partial charge in [-0.3, -0.25) is 44.5 Å². The number of likely N-dealkylation sites (tertiary alicyclic amines) is 2. The number of carbonyl (C=O) groups excluding carboxylic acids is 4. The molecule has 0 radical (unpaired) electrons. The number of nitrogens with two attached hydrogens (primary N) is 1. The maximum absolute atomic E-state index is 14.1. The Bertz CT molecular complexity index is 2060. The Morgan fingerprint density at radius 2 is 1.57 bits per heavy atom. The number of hydrogen-bond acceptors (Lipinski definition) is 14. The first-order valence-corrected chi connectivity index (χ1v) is 19.2. The summed E-state index contributed by atoms with van der Waals surface area (Å²) in [5, 5.41) is 41.8. The molecule has 0 aromatic heterocycles. The van der Waals surface area contributed by atoms with Gasteiger partial charge < -0.3 is 35.2 Å². The first-order chi connectivity index (χ1) is 27.5. The SMILES string of the molecule is C[C@@H](O)[C@H]1C(=O)N2C(C(=O)O)=C(S[C@H]3C[C@@H](C(=O)N4CC[C@@H](N=C(N)CC(=O)OCc5ccc([N+](=O)[O-])cc5)C4)N(C(=O)OCc4ccc([N+](=O)[O-])cc4)C3)[C@H](C)[C@H]12. The average molecular weight is 824 g/mol. The Hall–Kier alpha value is -6.09. The zero-order valence-corrected chi connectivity index (χ0v) is 32.2. The fourth-order valence-corrected chi connectivity index (χ4v) is 9.26. The van der Waals surface area contributed by atoms with Crippen molar-refractivity contribution < 1.29 is 53.5 Å². The lowest BCUT2D eigenvalue weighted by molar-refractivity contribution is -0.385. The van der Waals surface area contributed by atoms with Gasteiger partial charge in [0.2, 0.25) is 11.8 Å². The fraction of sp³-hybridized carbons (Fsp3) is 0.459. The van der Waals surface area contributed by atoms with E-state index in [1.54, 1.807) is 6.92 Å². The highest BCUT2D eigenvalue weighted by molar-refractivity contribution is 8.03. The monoisotopic (exact) mass is 823 g/mol. The third kappa shape index (κ3) is 8.74. The van der Waals surface area contributed by atoms with Crippen molar-refractivity contribution in [2.75, 3.05) is 19.6 Å². The molecule has 4 heterocycles. The van der Waals surface area contributed by atoms with Crippen molar-refractivity contribution in [3.8, 4) is 0 Å². The predicted molar refractivity (Wildman–Crippen MR) is 204 cm³/mol. The van der Waals surface area contributed by atoms with E-state index in [-0.39, 0.29) is 68.6 Å². The largest absolute Gasteiger partial charge is 0.477 e. The molecule has 2 aromatic rings. The molecule has 58 heavy (non-hydrogen) atoms. The number of benzene rings is 2. The van der Waals surface area contributed by atoms with Crippen LogP contribution in [0.15, 0.2) is 64.1 Å². The predicted octanol–water partition coefficient (Wildman–Crippen LogP) is 2.56. The minimum atomic E-state index is -1.31. The summed E-state index contributed by atoms with van der Waals surface area (Å²) in [5.74, 6) is -4.09. The van der Waals surface area contributed by atoms with Gasteiger partial charge in [-0.25, -0.2) is 9.59 Å². The second-order valence-corrected chi connectivity index (χ2v) is 15.8. The van der Waals surface area contributed by atoms with Crippen LogP contribution in [0.25, 0.3) is 0 Å². The number of rotatable bonds is 14. The molecule has 0 unspecified atom stereocenters. The van der Waals surface area contributed by atoms with E-state index in [2.05, 4.69) is 4.99 Å². The number of aliphatic hydroxyl groups excluding tert-OH is 1. The zero-order chi connectivity index (χ0) is 42.0. The Morgan fingerprint density at radius 3 is 2.12 bits per heavy atom. The van der Waals surface area contributed by atoms with Crippen LogP contribution in [0.2, 0.25) is 0 Å². The van der Waals surface area contributed by atoms with Crippen molar-refractivity contribution in [1.29, 1.82) is 0 Å². The summed E-state index contributed by atoms with van der Waals surface area (Å²) in [6, 6.07) is 8.92. The Labute approximate surface area is 334 Å². The lowest BCUT2D eigenvalue weighted by atomic mass is 9.79. The van der Waals surface area contributed by atoms with Crippen LogP contribution < -0.4 is 5.73 Å². The fourth-order valence-electron chi connectivity index (χ4n) is 7.73. The molecule has 7 atom stereocenters. The first kappa shape index (κ1) is 41.5. The number of thioether (sulfide) groups is 1. The highest BCUT2D eigenvalue weighted by Crippen LogP contribution is 2.52. The van der Waals surface area contributed by atoms with Gasteiger partial charge in [-0.05, 0) is 55.2 Å². The Balaban J connectivity index is 1.12. The molecule has 0 saturated carbocycles. The molecular formula is C37H41N7O13S. The van der Waals surface area contributed by atoms with Gasteiger partial charge in [0.1, 0.15) is 37.2 Å². The maximum atomic E-state index is 14.1. The summed E-state index contributed by atoms with van der Waals surface area (Å²) in [5.41, 5.74) is 6.65. The van der Waals surface area contributed by atoms with E-state index in [0.29, 0.717) is 22.5 Å². The molecule has 21 heteroatoms. The third-order valence-electron chi connectivity index (χ3n) is 10.6. The summed E-state index contributed by atoms with van der Waals surface area (Å²) in [6.45, 7) is 3.27. The number of aliphatic hydroxyl groups is 1. The van der Waals surface area contributed by atoms with Crippen molar-refractivity contribution in [2.45, 2.75) is 75.8 Å². The average Bonchev–Trinajstić information content (AvgIpc) is 3.88. The van der Waals surface area contributed by atoms with Crippen LogP contribution in [0.3, 0.4) is 0 Å². The molecule has 20 nitrogen and oxygen atoms in total. The van der Waals surface area contributed by atoms with Gasteiger partial charge in [-0.1, -0.05) is 6.92 Å². The molecule has 6 rings (SSSR count). The van der Waals surface area contributed by atoms with Gasteiger partial charge in [0, 0.05) is 60.0 Å². The number of non-ortho nitro benzene ring substituents is 2. The number of aliphatic imine (C=N–C) groups is 1. The molecule has 3 amide bonds. The number of esters is 1. The molecule has 2 aromatic carbocycles. The number of nitrogens with zero attached hydrogens (tertiary/aromatic N) is 6. The second kappa shape index (κ2) is 17.2. The number of carbonyl (C=O) groups is 5. The smallest absolute Gasteiger partial charge is 0.410 e. The van der Waals surface area contributed by atoms with Crippen molar-refractivity contribution in [2.24, 2.45) is 22.6 Å². The first-order valence-electron chi connectivity index (χ1n) is 18.4. The number of carboxylic acids is 1. The van der Waals surface area contributed by atoms with E-state index in [0.717, 1.165) is 0 Å². The van der Waals surface area contributed by atoms with Gasteiger partial charge in [0.15, 0.2) is 0 Å². The Morgan fingerprint density at radius 1 is 0.983 bits per heavy atom. The summed E-state index contributed by atoms with van der Waals surface area (Å²) >= 11 is 1.18. The van der Waals surface area contributed by atoms with Crippen molar-refractivity contribution in [1.82, 2.24) is 14.7 Å². The van der Waals surface area contributed by atoms with Gasteiger partial charge in [0.25, 0.3) is 11.4 Å². The summed E-state index contributed by atoms with van der Waals surface area (Å²) in [6.07, 6.45) is -1.63. The zero-order valence-electron chi connectivity index (χ0n) is 31.4. The van der Waals surface area contributed by atoms with E-state index in [4.69, 9.17) is 15.2 Å². The minimum absolute atomic E-state index is 0.00785. The third-order valence-corrected chi connectivity index (χ3v) is 12.1. The lowest BCUT2D eigenvalue weighted by Crippen LogP contribution is -2.63. The number of ether oxygens (including phenoxy) is 2. The number of amides is 3. The van der Waals surface area contributed by atoms with Crippen LogP contribution in [0, 0.1) is 32.1 Å². The molecule has 308 valence electrons. The van der Waals surface area contributed by atoms with Crippen LogP contribution in [-0.2, 0) is 41.9 Å². The van der Waals surface area contributed by atoms with Gasteiger partial charge >= 0.3 is 18.0 Å². The highest BCUT2D eigenvalue weighted by atomic mass is 32.2. The summed E-state index contributed by atoms with van der Waals surface area (Å²) in [7, 11) is 0. The van der Waals surface area contributed by atoms with E-state index in [1.165, 1.54) is 81.9 Å². The van der Waals surface area contributed by atoms with Crippen LogP contribution in [0.1, 0.15) is 44.2 Å². The normalized spacial score (nSPS) is 24.6. The molecule has 3 fully saturated rings. The highest BCUT2D eigenvalue weighted by Gasteiger charge is 2.60. The van der Waals surface area contributed by atoms with Gasteiger partial charge in [-0.2, -0.15) is 0 Å². The summed E-state index contributed by atoms with van der Waals surface area (Å²) < 4.78 is 10.8. The number of β-lactam (4-membered cyclic amide) rings is 1. The lowest BCUT2D eigenvalue weighted by Gasteiger charge is -2.46. The van der Waals surface area contributed by atoms with Crippen molar-refractivity contribution in [3.05, 3.63) is 90.5 Å². The number of amidine groups is 1. The molecule has 0 aliphatic carbocycles. The maximum Gasteiger partial charge on any atom is 0.410 e. The number of aliphatic carboxylic acids is 1. The van der Waals surface area contributed by atoms with Gasteiger partial charge in [0.05, 0.1) is 34.0 Å². The molecular weight excluding hydrogens is 783 g/mol. The second-order valence-electron chi connectivity index (χ2n) is 14.5.